The molecule has 2 unspecified atom stereocenters. The summed E-state index contributed by atoms with van der Waals surface area (Å²) < 4.78 is 5.41. The smallest absolute Gasteiger partial charge is 0.408 e. The molecule has 2 N–H and O–H groups in total. The molecular formula is C28H47N3O4. The Morgan fingerprint density at radius 1 is 1.03 bits per heavy atom. The van der Waals surface area contributed by atoms with Gasteiger partial charge in [0, 0.05) is 13.1 Å². The van der Waals surface area contributed by atoms with Gasteiger partial charge in [0.1, 0.15) is 17.7 Å². The van der Waals surface area contributed by atoms with Gasteiger partial charge >= 0.3 is 6.09 Å². The summed E-state index contributed by atoms with van der Waals surface area (Å²) in [6, 6.07) is 6.12. The zero-order valence-electron chi connectivity index (χ0n) is 23.1. The topological polar surface area (TPSA) is 87.7 Å². The molecule has 2 atom stereocenters. The molecule has 3 amide bonds. The lowest BCUT2D eigenvalue weighted by Crippen LogP contribution is -2.55. The first-order valence-corrected chi connectivity index (χ1v) is 13.1. The zero-order valence-corrected chi connectivity index (χ0v) is 23.1. The lowest BCUT2D eigenvalue weighted by Gasteiger charge is -2.35. The largest absolute Gasteiger partial charge is 0.444 e. The highest BCUT2D eigenvalue weighted by molar-refractivity contribution is 5.92. The first-order valence-electron chi connectivity index (χ1n) is 13.1. The predicted octanol–water partition coefficient (Wildman–Crippen LogP) is 5.52. The Morgan fingerprint density at radius 2 is 1.69 bits per heavy atom. The molecule has 1 aromatic rings. The number of ether oxygens (including phenoxy) is 1. The van der Waals surface area contributed by atoms with Gasteiger partial charge in [-0.1, -0.05) is 76.8 Å². The minimum atomic E-state index is -0.818. The van der Waals surface area contributed by atoms with Crippen molar-refractivity contribution in [3.63, 3.8) is 0 Å². The fraction of sp³-hybridized carbons (Fsp3) is 0.679. The summed E-state index contributed by atoms with van der Waals surface area (Å²) >= 11 is 0. The van der Waals surface area contributed by atoms with Gasteiger partial charge in [-0.15, -0.1) is 0 Å². The Bertz CT molecular complexity index is 817. The predicted molar refractivity (Wildman–Crippen MR) is 141 cm³/mol. The van der Waals surface area contributed by atoms with E-state index < -0.39 is 23.8 Å². The van der Waals surface area contributed by atoms with Crippen LogP contribution in [0.25, 0.3) is 0 Å². The lowest BCUT2D eigenvalue weighted by atomic mass is 9.97. The number of nitrogens with one attached hydrogen (secondary N) is 2. The monoisotopic (exact) mass is 489 g/mol. The van der Waals surface area contributed by atoms with Crippen LogP contribution in [0.4, 0.5) is 4.79 Å². The molecule has 7 heteroatoms. The van der Waals surface area contributed by atoms with Crippen molar-refractivity contribution >= 4 is 17.9 Å². The van der Waals surface area contributed by atoms with Crippen LogP contribution >= 0.6 is 0 Å². The molecule has 0 aliphatic carbocycles. The van der Waals surface area contributed by atoms with Crippen LogP contribution in [-0.2, 0) is 14.3 Å². The van der Waals surface area contributed by atoms with Crippen molar-refractivity contribution in [3.05, 3.63) is 35.4 Å². The second-order valence-electron chi connectivity index (χ2n) is 10.6. The van der Waals surface area contributed by atoms with Crippen LogP contribution in [0.1, 0.15) is 97.7 Å². The highest BCUT2D eigenvalue weighted by Gasteiger charge is 2.37. The third-order valence-corrected chi connectivity index (χ3v) is 5.64. The Hall–Kier alpha value is -2.57. The number of hydrogen-bond donors (Lipinski definition) is 2. The number of hydrogen-bond acceptors (Lipinski definition) is 4. The summed E-state index contributed by atoms with van der Waals surface area (Å²) in [5.74, 6) is -0.671. The second kappa shape index (κ2) is 14.7. The van der Waals surface area contributed by atoms with Gasteiger partial charge in [0.25, 0.3) is 0 Å². The molecule has 0 saturated heterocycles. The maximum absolute atomic E-state index is 13.9. The Balaban J connectivity index is 3.36. The normalized spacial score (nSPS) is 13.2. The van der Waals surface area contributed by atoms with Crippen LogP contribution in [-0.4, -0.2) is 47.5 Å². The van der Waals surface area contributed by atoms with Crippen LogP contribution in [0.5, 0.6) is 0 Å². The van der Waals surface area contributed by atoms with Gasteiger partial charge in [-0.05, 0) is 52.0 Å². The van der Waals surface area contributed by atoms with Gasteiger partial charge in [0.15, 0.2) is 0 Å². The van der Waals surface area contributed by atoms with E-state index in [0.29, 0.717) is 13.1 Å². The quantitative estimate of drug-likeness (QED) is 0.357. The molecular weight excluding hydrogens is 442 g/mol. The van der Waals surface area contributed by atoms with Crippen LogP contribution < -0.4 is 10.6 Å². The molecule has 1 aromatic carbocycles. The standard InChI is InChI=1S/C28H47N3O4/c1-9-11-13-17-29-25(32)24(22-16-14-15-21(5)19-22)31(18-12-10-2)26(33)23(20(3)4)30-27(34)35-28(6,7)8/h14-16,19-20,23-24H,9-13,17-18H2,1-8H3,(H,29,32)(H,30,34). The summed E-state index contributed by atoms with van der Waals surface area (Å²) in [6.45, 7) is 16.2. The third-order valence-electron chi connectivity index (χ3n) is 5.64. The maximum atomic E-state index is 13.9. The van der Waals surface area contributed by atoms with Gasteiger partial charge in [-0.25, -0.2) is 4.79 Å². The van der Waals surface area contributed by atoms with E-state index in [4.69, 9.17) is 4.74 Å². The molecule has 0 aliphatic rings. The van der Waals surface area contributed by atoms with E-state index in [1.54, 1.807) is 25.7 Å². The van der Waals surface area contributed by atoms with E-state index >= 15 is 0 Å². The van der Waals surface area contributed by atoms with Crippen molar-refractivity contribution in [2.45, 2.75) is 105 Å². The van der Waals surface area contributed by atoms with Crippen LogP contribution in [0, 0.1) is 12.8 Å². The number of alkyl carbamates (subject to hydrolysis) is 1. The minimum Gasteiger partial charge on any atom is -0.444 e. The van der Waals surface area contributed by atoms with Gasteiger partial charge in [-0.3, -0.25) is 9.59 Å². The average Bonchev–Trinajstić information content (AvgIpc) is 2.76. The number of aryl methyl sites for hydroxylation is 1. The van der Waals surface area contributed by atoms with E-state index in [1.807, 2.05) is 52.0 Å². The van der Waals surface area contributed by atoms with E-state index in [-0.39, 0.29) is 17.7 Å². The summed E-state index contributed by atoms with van der Waals surface area (Å²) in [5, 5.41) is 5.80. The van der Waals surface area contributed by atoms with E-state index in [2.05, 4.69) is 17.6 Å². The molecule has 0 heterocycles. The van der Waals surface area contributed by atoms with Crippen LogP contribution in [0.15, 0.2) is 24.3 Å². The molecule has 0 spiro atoms. The summed E-state index contributed by atoms with van der Waals surface area (Å²) in [4.78, 5) is 41.6. The van der Waals surface area contributed by atoms with Gasteiger partial charge < -0.3 is 20.3 Å². The number of nitrogens with zero attached hydrogens (tertiary/aromatic N) is 1. The number of benzene rings is 1. The molecule has 1 rings (SSSR count). The Labute approximate surface area is 212 Å². The Morgan fingerprint density at radius 3 is 2.23 bits per heavy atom. The zero-order chi connectivity index (χ0) is 26.6. The first kappa shape index (κ1) is 30.5. The molecule has 198 valence electrons. The van der Waals surface area contributed by atoms with Crippen molar-refractivity contribution in [1.82, 2.24) is 15.5 Å². The summed E-state index contributed by atoms with van der Waals surface area (Å²) in [6.07, 6.45) is 3.95. The number of unbranched alkanes of at least 4 members (excludes halogenated alkanes) is 3. The van der Waals surface area contributed by atoms with Gasteiger partial charge in [0.2, 0.25) is 11.8 Å². The maximum Gasteiger partial charge on any atom is 0.408 e. The minimum absolute atomic E-state index is 0.190. The van der Waals surface area contributed by atoms with Gasteiger partial charge in [0.05, 0.1) is 0 Å². The van der Waals surface area contributed by atoms with E-state index in [1.165, 1.54) is 0 Å². The molecule has 0 fully saturated rings. The average molecular weight is 490 g/mol. The molecule has 0 saturated carbocycles. The number of carbonyl (C=O) groups excluding carboxylic acids is 3. The van der Waals surface area contributed by atoms with Crippen LogP contribution in [0.3, 0.4) is 0 Å². The number of rotatable bonds is 13. The highest BCUT2D eigenvalue weighted by atomic mass is 16.6. The van der Waals surface area contributed by atoms with E-state index in [9.17, 15) is 14.4 Å². The summed E-state index contributed by atoms with van der Waals surface area (Å²) in [5.41, 5.74) is 1.10. The van der Waals surface area contributed by atoms with Crippen molar-refractivity contribution in [2.24, 2.45) is 5.92 Å². The highest BCUT2D eigenvalue weighted by Crippen LogP contribution is 2.25. The molecule has 7 nitrogen and oxygen atoms in total. The number of carbonyl (C=O) groups is 3. The van der Waals surface area contributed by atoms with Crippen molar-refractivity contribution < 1.29 is 19.1 Å². The fourth-order valence-corrected chi connectivity index (χ4v) is 3.82. The number of amides is 3. The lowest BCUT2D eigenvalue weighted by molar-refractivity contribution is -0.143. The second-order valence-corrected chi connectivity index (χ2v) is 10.6. The molecule has 0 aliphatic heterocycles. The Kier molecular flexibility index (Phi) is 12.8. The first-order chi connectivity index (χ1) is 16.4. The summed E-state index contributed by atoms with van der Waals surface area (Å²) in [7, 11) is 0. The molecule has 0 aromatic heterocycles. The van der Waals surface area contributed by atoms with E-state index in [0.717, 1.165) is 43.2 Å². The van der Waals surface area contributed by atoms with Crippen molar-refractivity contribution in [1.29, 1.82) is 0 Å². The van der Waals surface area contributed by atoms with Crippen molar-refractivity contribution in [2.75, 3.05) is 13.1 Å². The molecule has 35 heavy (non-hydrogen) atoms. The molecule has 0 bridgehead atoms. The van der Waals surface area contributed by atoms with Crippen molar-refractivity contribution in [3.8, 4) is 0 Å². The SMILES string of the molecule is CCCCCNC(=O)C(c1cccc(C)c1)N(CCCC)C(=O)C(NC(=O)OC(C)(C)C)C(C)C. The van der Waals surface area contributed by atoms with Gasteiger partial charge in [-0.2, -0.15) is 0 Å². The fourth-order valence-electron chi connectivity index (χ4n) is 3.82. The third kappa shape index (κ3) is 10.7. The molecule has 0 radical (unpaired) electrons. The van der Waals surface area contributed by atoms with Crippen LogP contribution in [0.2, 0.25) is 0 Å².